The van der Waals surface area contributed by atoms with E-state index in [4.69, 9.17) is 11.6 Å². The smallest absolute Gasteiger partial charge is 0.255 e. The van der Waals surface area contributed by atoms with Crippen LogP contribution < -0.4 is 5.32 Å². The highest BCUT2D eigenvalue weighted by Crippen LogP contribution is 2.28. The molecular formula is C20H19BrClN3O3S. The SMILES string of the molecule is CCN(CC)S(=O)(=O)c1cc(NC(=O)c2ccc3cc(Br)cnc3c2)ccc1Cl. The minimum Gasteiger partial charge on any atom is -0.322 e. The van der Waals surface area contributed by atoms with Crippen LogP contribution in [0.4, 0.5) is 5.69 Å². The Morgan fingerprint density at radius 3 is 2.55 bits per heavy atom. The van der Waals surface area contributed by atoms with Crippen LogP contribution in [-0.4, -0.2) is 36.7 Å². The first-order valence-electron chi connectivity index (χ1n) is 8.92. The van der Waals surface area contributed by atoms with E-state index in [1.54, 1.807) is 44.3 Å². The summed E-state index contributed by atoms with van der Waals surface area (Å²) in [5.74, 6) is -0.370. The fraction of sp³-hybridized carbons (Fsp3) is 0.200. The molecule has 29 heavy (non-hydrogen) atoms. The Balaban J connectivity index is 1.91. The standard InChI is InChI=1S/C20H19BrClN3O3S/c1-3-25(4-2)29(27,28)19-11-16(7-8-17(19)22)24-20(26)14-6-5-13-9-15(21)12-23-18(13)10-14/h5-12H,3-4H2,1-2H3,(H,24,26). The summed E-state index contributed by atoms with van der Waals surface area (Å²) in [6, 6.07) is 11.5. The molecule has 0 fully saturated rings. The molecule has 1 heterocycles. The summed E-state index contributed by atoms with van der Waals surface area (Å²) >= 11 is 9.51. The number of halogens is 2. The Kier molecular flexibility index (Phi) is 6.58. The fourth-order valence-electron chi connectivity index (χ4n) is 2.92. The largest absolute Gasteiger partial charge is 0.322 e. The Labute approximate surface area is 183 Å². The molecule has 152 valence electrons. The van der Waals surface area contributed by atoms with E-state index in [1.165, 1.54) is 16.4 Å². The molecule has 0 aliphatic carbocycles. The minimum atomic E-state index is -3.75. The van der Waals surface area contributed by atoms with E-state index >= 15 is 0 Å². The third kappa shape index (κ3) is 4.61. The maximum Gasteiger partial charge on any atom is 0.255 e. The number of aromatic nitrogens is 1. The van der Waals surface area contributed by atoms with Crippen LogP contribution in [0.1, 0.15) is 24.2 Å². The monoisotopic (exact) mass is 495 g/mol. The van der Waals surface area contributed by atoms with Crippen molar-refractivity contribution >= 4 is 60.1 Å². The molecule has 0 radical (unpaired) electrons. The van der Waals surface area contributed by atoms with Gasteiger partial charge in [-0.25, -0.2) is 8.42 Å². The molecule has 0 aliphatic rings. The van der Waals surface area contributed by atoms with Crippen molar-refractivity contribution in [3.05, 3.63) is 63.7 Å². The lowest BCUT2D eigenvalue weighted by molar-refractivity contribution is 0.102. The van der Waals surface area contributed by atoms with Gasteiger partial charge in [-0.15, -0.1) is 0 Å². The highest BCUT2D eigenvalue weighted by atomic mass is 79.9. The van der Waals surface area contributed by atoms with Gasteiger partial charge in [0, 0.05) is 40.4 Å². The van der Waals surface area contributed by atoms with Crippen molar-refractivity contribution in [2.24, 2.45) is 0 Å². The molecule has 0 saturated carbocycles. The van der Waals surface area contributed by atoms with Gasteiger partial charge in [0.1, 0.15) is 4.90 Å². The molecule has 9 heteroatoms. The van der Waals surface area contributed by atoms with Crippen molar-refractivity contribution in [2.45, 2.75) is 18.7 Å². The van der Waals surface area contributed by atoms with Gasteiger partial charge in [0.25, 0.3) is 5.91 Å². The fourth-order valence-corrected chi connectivity index (χ4v) is 5.23. The van der Waals surface area contributed by atoms with Gasteiger partial charge in [-0.05, 0) is 52.3 Å². The minimum absolute atomic E-state index is 0.0364. The molecule has 6 nitrogen and oxygen atoms in total. The number of amides is 1. The second-order valence-corrected chi connectivity index (χ2v) is 9.48. The maximum absolute atomic E-state index is 12.8. The topological polar surface area (TPSA) is 79.4 Å². The molecule has 0 unspecified atom stereocenters. The lowest BCUT2D eigenvalue weighted by atomic mass is 10.1. The first-order valence-corrected chi connectivity index (χ1v) is 11.5. The molecule has 1 amide bonds. The van der Waals surface area contributed by atoms with Crippen LogP contribution in [0, 0.1) is 0 Å². The van der Waals surface area contributed by atoms with Crippen molar-refractivity contribution in [3.63, 3.8) is 0 Å². The van der Waals surface area contributed by atoms with Crippen LogP contribution >= 0.6 is 27.5 Å². The van der Waals surface area contributed by atoms with Crippen molar-refractivity contribution in [1.82, 2.24) is 9.29 Å². The van der Waals surface area contributed by atoms with Crippen LogP contribution in [0.2, 0.25) is 5.02 Å². The first-order chi connectivity index (χ1) is 13.8. The van der Waals surface area contributed by atoms with Crippen molar-refractivity contribution in [1.29, 1.82) is 0 Å². The lowest BCUT2D eigenvalue weighted by Gasteiger charge is -2.19. The number of sulfonamides is 1. The molecule has 0 saturated heterocycles. The quantitative estimate of drug-likeness (QED) is 0.524. The average molecular weight is 497 g/mol. The molecular weight excluding hydrogens is 478 g/mol. The predicted octanol–water partition coefficient (Wildman–Crippen LogP) is 4.93. The predicted molar refractivity (Wildman–Crippen MR) is 119 cm³/mol. The number of hydrogen-bond acceptors (Lipinski definition) is 4. The van der Waals surface area contributed by atoms with E-state index in [1.807, 2.05) is 6.07 Å². The maximum atomic E-state index is 12.8. The van der Waals surface area contributed by atoms with Gasteiger partial charge in [0.15, 0.2) is 0 Å². The highest BCUT2D eigenvalue weighted by molar-refractivity contribution is 9.10. The van der Waals surface area contributed by atoms with Crippen molar-refractivity contribution < 1.29 is 13.2 Å². The van der Waals surface area contributed by atoms with Crippen LogP contribution in [0.25, 0.3) is 10.9 Å². The summed E-state index contributed by atoms with van der Waals surface area (Å²) < 4.78 is 27.8. The number of fused-ring (bicyclic) bond motifs is 1. The van der Waals surface area contributed by atoms with E-state index in [0.717, 1.165) is 9.86 Å². The molecule has 2 aromatic carbocycles. The summed E-state index contributed by atoms with van der Waals surface area (Å²) in [4.78, 5) is 16.9. The molecule has 0 bridgehead atoms. The zero-order chi connectivity index (χ0) is 21.2. The van der Waals surface area contributed by atoms with Gasteiger partial charge in [0.05, 0.1) is 10.5 Å². The summed E-state index contributed by atoms with van der Waals surface area (Å²) in [5.41, 5.74) is 1.44. The second-order valence-electron chi connectivity index (χ2n) is 6.25. The highest BCUT2D eigenvalue weighted by Gasteiger charge is 2.25. The average Bonchev–Trinajstić information content (AvgIpc) is 2.69. The number of pyridine rings is 1. The van der Waals surface area contributed by atoms with Crippen LogP contribution in [0.5, 0.6) is 0 Å². The lowest BCUT2D eigenvalue weighted by Crippen LogP contribution is -2.30. The number of anilines is 1. The summed E-state index contributed by atoms with van der Waals surface area (Å²) in [5, 5.41) is 3.74. The molecule has 3 aromatic rings. The summed E-state index contributed by atoms with van der Waals surface area (Å²) in [7, 11) is -3.75. The van der Waals surface area contributed by atoms with E-state index < -0.39 is 10.0 Å². The Morgan fingerprint density at radius 2 is 1.86 bits per heavy atom. The van der Waals surface area contributed by atoms with Gasteiger partial charge in [0.2, 0.25) is 10.0 Å². The normalized spacial score (nSPS) is 11.8. The summed E-state index contributed by atoms with van der Waals surface area (Å²) in [6.45, 7) is 4.16. The summed E-state index contributed by atoms with van der Waals surface area (Å²) in [6.07, 6.45) is 1.66. The van der Waals surface area contributed by atoms with Crippen LogP contribution in [0.15, 0.2) is 58.0 Å². The Morgan fingerprint density at radius 1 is 1.14 bits per heavy atom. The molecule has 1 aromatic heterocycles. The Hall–Kier alpha value is -2.00. The van der Waals surface area contributed by atoms with Crippen LogP contribution in [0.3, 0.4) is 0 Å². The zero-order valence-electron chi connectivity index (χ0n) is 15.8. The van der Waals surface area contributed by atoms with Crippen molar-refractivity contribution in [3.8, 4) is 0 Å². The van der Waals surface area contributed by atoms with Gasteiger partial charge < -0.3 is 5.32 Å². The molecule has 3 rings (SSSR count). The van der Waals surface area contributed by atoms with Crippen LogP contribution in [-0.2, 0) is 10.0 Å². The second kappa shape index (κ2) is 8.79. The van der Waals surface area contributed by atoms with E-state index in [2.05, 4.69) is 26.2 Å². The number of carbonyl (C=O) groups excluding carboxylic acids is 1. The Bertz CT molecular complexity index is 1180. The van der Waals surface area contributed by atoms with E-state index in [0.29, 0.717) is 29.9 Å². The third-order valence-corrected chi connectivity index (χ3v) is 7.39. The number of hydrogen-bond donors (Lipinski definition) is 1. The van der Waals surface area contributed by atoms with Gasteiger partial charge in [-0.2, -0.15) is 4.31 Å². The van der Waals surface area contributed by atoms with E-state index in [-0.39, 0.29) is 15.8 Å². The number of carbonyl (C=O) groups is 1. The first kappa shape index (κ1) is 21.7. The molecule has 1 N–H and O–H groups in total. The molecule has 0 aliphatic heterocycles. The van der Waals surface area contributed by atoms with Gasteiger partial charge in [-0.1, -0.05) is 31.5 Å². The molecule has 0 spiro atoms. The van der Waals surface area contributed by atoms with E-state index in [9.17, 15) is 13.2 Å². The third-order valence-electron chi connectivity index (χ3n) is 4.43. The number of benzene rings is 2. The number of nitrogens with zero attached hydrogens (tertiary/aromatic N) is 2. The number of rotatable bonds is 6. The van der Waals surface area contributed by atoms with Gasteiger partial charge >= 0.3 is 0 Å². The van der Waals surface area contributed by atoms with Crippen molar-refractivity contribution in [2.75, 3.05) is 18.4 Å². The molecule has 0 atom stereocenters. The zero-order valence-corrected chi connectivity index (χ0v) is 19.0. The van der Waals surface area contributed by atoms with Gasteiger partial charge in [-0.3, -0.25) is 9.78 Å². The number of nitrogens with one attached hydrogen (secondary N) is 1.